The molecule has 2 rings (SSSR count). The first-order valence-electron chi connectivity index (χ1n) is 3.53. The van der Waals surface area contributed by atoms with Gasteiger partial charge in [0.1, 0.15) is 0 Å². The summed E-state index contributed by atoms with van der Waals surface area (Å²) in [5, 5.41) is 3.68. The van der Waals surface area contributed by atoms with Gasteiger partial charge in [0, 0.05) is 0 Å². The predicted octanol–water partition coefficient (Wildman–Crippen LogP) is 3.10. The fourth-order valence-corrected chi connectivity index (χ4v) is 1.45. The van der Waals surface area contributed by atoms with Crippen LogP contribution in [0, 0.1) is 0 Å². The van der Waals surface area contributed by atoms with Crippen LogP contribution in [-0.4, -0.2) is 5.16 Å². The molecule has 12 heavy (non-hydrogen) atoms. The zero-order chi connectivity index (χ0) is 8.39. The molecule has 0 aliphatic rings. The summed E-state index contributed by atoms with van der Waals surface area (Å²) in [7, 11) is 0. The van der Waals surface area contributed by atoms with Crippen LogP contribution >= 0.6 is 15.9 Å². The van der Waals surface area contributed by atoms with Crippen molar-refractivity contribution < 1.29 is 4.52 Å². The maximum atomic E-state index is 4.89. The highest BCUT2D eigenvalue weighted by Gasteiger charge is 2.05. The van der Waals surface area contributed by atoms with Gasteiger partial charge in [0.15, 0.2) is 0 Å². The topological polar surface area (TPSA) is 26.0 Å². The molecule has 0 aliphatic heterocycles. The normalized spacial score (nSPS) is 10.1. The van der Waals surface area contributed by atoms with Gasteiger partial charge in [-0.05, 0) is 21.5 Å². The molecule has 0 bridgehead atoms. The molecule has 0 saturated heterocycles. The average molecular weight is 224 g/mol. The third-order valence-corrected chi connectivity index (χ3v) is 2.18. The van der Waals surface area contributed by atoms with Gasteiger partial charge >= 0.3 is 0 Å². The van der Waals surface area contributed by atoms with E-state index >= 15 is 0 Å². The van der Waals surface area contributed by atoms with E-state index in [4.69, 9.17) is 4.52 Å². The number of aromatic nitrogens is 1. The molecule has 0 amide bonds. The largest absolute Gasteiger partial charge is 0.349 e. The highest BCUT2D eigenvalue weighted by molar-refractivity contribution is 9.10. The quantitative estimate of drug-likeness (QED) is 0.743. The predicted molar refractivity (Wildman–Crippen MR) is 49.6 cm³/mol. The molecule has 1 heterocycles. The average Bonchev–Trinajstić information content (AvgIpc) is 2.53. The second-order valence-corrected chi connectivity index (χ2v) is 3.10. The molecule has 0 fully saturated rings. The highest BCUT2D eigenvalue weighted by Crippen LogP contribution is 2.26. The Hall–Kier alpha value is -1.09. The Bertz CT molecular complexity index is 369. The second kappa shape index (κ2) is 3.11. The van der Waals surface area contributed by atoms with Gasteiger partial charge in [0.25, 0.3) is 0 Å². The van der Waals surface area contributed by atoms with Crippen molar-refractivity contribution in [1.29, 1.82) is 0 Å². The zero-order valence-electron chi connectivity index (χ0n) is 6.20. The lowest BCUT2D eigenvalue weighted by Gasteiger charge is -1.93. The van der Waals surface area contributed by atoms with Gasteiger partial charge in [-0.1, -0.05) is 35.5 Å². The summed E-state index contributed by atoms with van der Waals surface area (Å²) in [6.45, 7) is 0. The SMILES string of the molecule is Brc1oncc1-c1ccccc1. The monoisotopic (exact) mass is 223 g/mol. The lowest BCUT2D eigenvalue weighted by molar-refractivity contribution is 0.400. The maximum Gasteiger partial charge on any atom is 0.209 e. The lowest BCUT2D eigenvalue weighted by atomic mass is 10.1. The molecule has 0 unspecified atom stereocenters. The van der Waals surface area contributed by atoms with Crippen molar-refractivity contribution in [2.75, 3.05) is 0 Å². The summed E-state index contributed by atoms with van der Waals surface area (Å²) in [5.74, 6) is 0. The Morgan fingerprint density at radius 1 is 1.17 bits per heavy atom. The highest BCUT2D eigenvalue weighted by atomic mass is 79.9. The fraction of sp³-hybridized carbons (Fsp3) is 0. The van der Waals surface area contributed by atoms with E-state index in [0.717, 1.165) is 11.1 Å². The van der Waals surface area contributed by atoms with Gasteiger partial charge in [-0.3, -0.25) is 0 Å². The number of rotatable bonds is 1. The summed E-state index contributed by atoms with van der Waals surface area (Å²) >= 11 is 3.27. The van der Waals surface area contributed by atoms with Crippen LogP contribution in [0.2, 0.25) is 0 Å². The van der Waals surface area contributed by atoms with Crippen molar-refractivity contribution in [2.24, 2.45) is 0 Å². The third-order valence-electron chi connectivity index (χ3n) is 1.61. The standard InChI is InChI=1S/C9H6BrNO/c10-9-8(6-11-12-9)7-4-2-1-3-5-7/h1-6H. The van der Waals surface area contributed by atoms with Crippen LogP contribution in [0.3, 0.4) is 0 Å². The summed E-state index contributed by atoms with van der Waals surface area (Å²) < 4.78 is 5.56. The van der Waals surface area contributed by atoms with Crippen molar-refractivity contribution in [1.82, 2.24) is 5.16 Å². The van der Waals surface area contributed by atoms with E-state index in [1.807, 2.05) is 30.3 Å². The molecule has 2 nitrogen and oxygen atoms in total. The van der Waals surface area contributed by atoms with E-state index in [2.05, 4.69) is 21.1 Å². The number of hydrogen-bond acceptors (Lipinski definition) is 2. The van der Waals surface area contributed by atoms with Crippen molar-refractivity contribution in [3.05, 3.63) is 41.2 Å². The van der Waals surface area contributed by atoms with Crippen molar-refractivity contribution >= 4 is 15.9 Å². The van der Waals surface area contributed by atoms with E-state index in [0.29, 0.717) is 4.67 Å². The smallest absolute Gasteiger partial charge is 0.209 e. The van der Waals surface area contributed by atoms with Crippen LogP contribution in [0.1, 0.15) is 0 Å². The molecule has 0 N–H and O–H groups in total. The van der Waals surface area contributed by atoms with Crippen LogP contribution < -0.4 is 0 Å². The Kier molecular flexibility index (Phi) is 1.96. The molecule has 0 saturated carbocycles. The summed E-state index contributed by atoms with van der Waals surface area (Å²) in [4.78, 5) is 0. The van der Waals surface area contributed by atoms with Gasteiger partial charge < -0.3 is 4.52 Å². The first-order chi connectivity index (χ1) is 5.88. The minimum atomic E-state index is 0.675. The fourth-order valence-electron chi connectivity index (χ4n) is 1.03. The van der Waals surface area contributed by atoms with Crippen LogP contribution in [0.4, 0.5) is 0 Å². The van der Waals surface area contributed by atoms with E-state index in [-0.39, 0.29) is 0 Å². The van der Waals surface area contributed by atoms with Gasteiger partial charge in [0.2, 0.25) is 4.67 Å². The first kappa shape index (κ1) is 7.55. The second-order valence-electron chi connectivity index (χ2n) is 2.38. The Labute approximate surface area is 78.3 Å². The minimum Gasteiger partial charge on any atom is -0.349 e. The van der Waals surface area contributed by atoms with Crippen LogP contribution in [0.25, 0.3) is 11.1 Å². The molecule has 0 atom stereocenters. The van der Waals surface area contributed by atoms with E-state index in [1.165, 1.54) is 0 Å². The van der Waals surface area contributed by atoms with E-state index < -0.39 is 0 Å². The molecule has 1 aromatic heterocycles. The molecule has 3 heteroatoms. The Morgan fingerprint density at radius 3 is 2.50 bits per heavy atom. The molecule has 0 aliphatic carbocycles. The molecule has 1 aromatic carbocycles. The van der Waals surface area contributed by atoms with Crippen molar-refractivity contribution in [3.63, 3.8) is 0 Å². The van der Waals surface area contributed by atoms with Crippen LogP contribution in [-0.2, 0) is 0 Å². The molecule has 2 aromatic rings. The number of halogens is 1. The zero-order valence-corrected chi connectivity index (χ0v) is 7.78. The Morgan fingerprint density at radius 2 is 1.92 bits per heavy atom. The van der Waals surface area contributed by atoms with E-state index in [1.54, 1.807) is 6.20 Å². The Balaban J connectivity index is 2.51. The molecular formula is C9H6BrNO. The molecule has 0 radical (unpaired) electrons. The molecule has 60 valence electrons. The van der Waals surface area contributed by atoms with Gasteiger partial charge in [-0.25, -0.2) is 0 Å². The van der Waals surface area contributed by atoms with Gasteiger partial charge in [-0.2, -0.15) is 0 Å². The third kappa shape index (κ3) is 1.28. The number of nitrogens with zero attached hydrogens (tertiary/aromatic N) is 1. The first-order valence-corrected chi connectivity index (χ1v) is 4.33. The van der Waals surface area contributed by atoms with Crippen LogP contribution in [0.15, 0.2) is 45.7 Å². The maximum absolute atomic E-state index is 4.89. The summed E-state index contributed by atoms with van der Waals surface area (Å²) in [6.07, 6.45) is 1.69. The van der Waals surface area contributed by atoms with Crippen LogP contribution in [0.5, 0.6) is 0 Å². The summed E-state index contributed by atoms with van der Waals surface area (Å²) in [5.41, 5.74) is 2.08. The molecule has 0 spiro atoms. The number of benzene rings is 1. The van der Waals surface area contributed by atoms with Gasteiger partial charge in [0.05, 0.1) is 11.8 Å². The van der Waals surface area contributed by atoms with Crippen molar-refractivity contribution in [2.45, 2.75) is 0 Å². The molecular weight excluding hydrogens is 218 g/mol. The minimum absolute atomic E-state index is 0.675. The van der Waals surface area contributed by atoms with E-state index in [9.17, 15) is 0 Å². The lowest BCUT2D eigenvalue weighted by Crippen LogP contribution is -1.71. The van der Waals surface area contributed by atoms with Gasteiger partial charge in [-0.15, -0.1) is 0 Å². The van der Waals surface area contributed by atoms with Crippen molar-refractivity contribution in [3.8, 4) is 11.1 Å². The number of hydrogen-bond donors (Lipinski definition) is 0. The summed E-state index contributed by atoms with van der Waals surface area (Å²) in [6, 6.07) is 9.96.